The average Bonchev–Trinajstić information content (AvgIpc) is 2.52. The number of methoxy groups -OCH3 is 1. The maximum Gasteiger partial charge on any atom is 0.223 e. The molecular weight excluding hydrogens is 290 g/mol. The lowest BCUT2D eigenvalue weighted by molar-refractivity contribution is -0.132. The van der Waals surface area contributed by atoms with Crippen molar-refractivity contribution in [2.75, 3.05) is 26.7 Å². The Morgan fingerprint density at radius 3 is 2.96 bits per heavy atom. The number of aromatic nitrogens is 1. The zero-order valence-corrected chi connectivity index (χ0v) is 14.8. The molecule has 5 heteroatoms. The first-order chi connectivity index (χ1) is 11.0. The number of hydrogen-bond acceptors (Lipinski definition) is 4. The largest absolute Gasteiger partial charge is 0.481 e. The van der Waals surface area contributed by atoms with Crippen LogP contribution < -0.4 is 10.1 Å². The molecule has 0 spiro atoms. The van der Waals surface area contributed by atoms with Crippen molar-refractivity contribution < 1.29 is 9.53 Å². The van der Waals surface area contributed by atoms with Gasteiger partial charge in [0.25, 0.3) is 0 Å². The predicted molar refractivity (Wildman–Crippen MR) is 91.6 cm³/mol. The van der Waals surface area contributed by atoms with Crippen LogP contribution in [0.3, 0.4) is 0 Å². The van der Waals surface area contributed by atoms with Gasteiger partial charge >= 0.3 is 0 Å². The van der Waals surface area contributed by atoms with E-state index in [-0.39, 0.29) is 5.91 Å². The Morgan fingerprint density at radius 1 is 1.48 bits per heavy atom. The number of carbonyl (C=O) groups excluding carboxylic acids is 1. The molecular formula is C18H29N3O2. The van der Waals surface area contributed by atoms with Crippen LogP contribution in [0.4, 0.5) is 0 Å². The molecule has 1 amide bonds. The molecule has 1 aromatic heterocycles. The molecule has 0 aliphatic carbocycles. The highest BCUT2D eigenvalue weighted by atomic mass is 16.5. The Labute approximate surface area is 139 Å². The molecule has 1 N–H and O–H groups in total. The van der Waals surface area contributed by atoms with Gasteiger partial charge in [0, 0.05) is 43.9 Å². The zero-order valence-electron chi connectivity index (χ0n) is 14.8. The lowest BCUT2D eigenvalue weighted by Crippen LogP contribution is -2.40. The predicted octanol–water partition coefficient (Wildman–Crippen LogP) is 2.45. The maximum absolute atomic E-state index is 12.2. The number of pyridine rings is 1. The van der Waals surface area contributed by atoms with Gasteiger partial charge in [-0.3, -0.25) is 4.79 Å². The molecule has 128 valence electrons. The molecule has 2 rings (SSSR count). The summed E-state index contributed by atoms with van der Waals surface area (Å²) in [6, 6.07) is 2.06. The van der Waals surface area contributed by atoms with E-state index in [1.54, 1.807) is 7.11 Å². The number of nitrogens with one attached hydrogen (secondary N) is 1. The van der Waals surface area contributed by atoms with Gasteiger partial charge in [-0.05, 0) is 44.2 Å². The molecule has 2 heterocycles. The second-order valence-corrected chi connectivity index (χ2v) is 6.58. The van der Waals surface area contributed by atoms with Gasteiger partial charge in [0.05, 0.1) is 7.11 Å². The first-order valence-electron chi connectivity index (χ1n) is 8.51. The minimum absolute atomic E-state index is 0.259. The summed E-state index contributed by atoms with van der Waals surface area (Å²) in [6.45, 7) is 9.43. The monoisotopic (exact) mass is 319 g/mol. The number of ether oxygens (including phenoxy) is 1. The molecule has 1 aromatic rings. The maximum atomic E-state index is 12.2. The number of aryl methyl sites for hydroxylation is 2. The van der Waals surface area contributed by atoms with Crippen molar-refractivity contribution >= 4 is 5.91 Å². The zero-order chi connectivity index (χ0) is 16.8. The third-order valence-corrected chi connectivity index (χ3v) is 4.46. The Balaban J connectivity index is 1.80. The summed E-state index contributed by atoms with van der Waals surface area (Å²) in [7, 11) is 1.64. The normalized spacial score (nSPS) is 18.1. The summed E-state index contributed by atoms with van der Waals surface area (Å²) >= 11 is 0. The van der Waals surface area contributed by atoms with E-state index in [9.17, 15) is 4.79 Å². The Morgan fingerprint density at radius 2 is 2.26 bits per heavy atom. The van der Waals surface area contributed by atoms with Crippen molar-refractivity contribution in [2.45, 2.75) is 46.6 Å². The molecule has 1 atom stereocenters. The van der Waals surface area contributed by atoms with Gasteiger partial charge in [-0.25, -0.2) is 4.98 Å². The van der Waals surface area contributed by atoms with Crippen LogP contribution in [0.15, 0.2) is 6.07 Å². The second kappa shape index (κ2) is 8.29. The van der Waals surface area contributed by atoms with Crippen LogP contribution in [0.2, 0.25) is 0 Å². The van der Waals surface area contributed by atoms with Crippen LogP contribution in [0.25, 0.3) is 0 Å². The highest BCUT2D eigenvalue weighted by Crippen LogP contribution is 2.20. The van der Waals surface area contributed by atoms with Gasteiger partial charge in [-0.1, -0.05) is 6.92 Å². The Bertz CT molecular complexity index is 545. The van der Waals surface area contributed by atoms with Crippen LogP contribution in [0, 0.1) is 19.8 Å². The molecule has 1 aliphatic rings. The number of hydrogen-bond donors (Lipinski definition) is 1. The molecule has 1 saturated heterocycles. The summed E-state index contributed by atoms with van der Waals surface area (Å²) < 4.78 is 5.37. The number of amides is 1. The van der Waals surface area contributed by atoms with Crippen molar-refractivity contribution in [3.05, 3.63) is 22.9 Å². The lowest BCUT2D eigenvalue weighted by atomic mass is 10.00. The Hall–Kier alpha value is -1.62. The summed E-state index contributed by atoms with van der Waals surface area (Å²) in [5, 5.41) is 3.35. The highest BCUT2D eigenvalue weighted by Gasteiger charge is 2.20. The van der Waals surface area contributed by atoms with Gasteiger partial charge < -0.3 is 15.0 Å². The summed E-state index contributed by atoms with van der Waals surface area (Å²) in [5.74, 6) is 1.56. The topological polar surface area (TPSA) is 54.5 Å². The SMILES string of the molecule is COc1nc(C)cc(C)c1CNCCC(=O)N1CCC[C@@H](C)C1. The second-order valence-electron chi connectivity index (χ2n) is 6.58. The van der Waals surface area contributed by atoms with Crippen LogP contribution >= 0.6 is 0 Å². The third-order valence-electron chi connectivity index (χ3n) is 4.46. The van der Waals surface area contributed by atoms with Gasteiger partial charge in [0.1, 0.15) is 0 Å². The van der Waals surface area contributed by atoms with Gasteiger partial charge in [0.15, 0.2) is 0 Å². The standard InChI is InChI=1S/C18H29N3O2/c1-13-6-5-9-21(12-13)17(22)7-8-19-11-16-14(2)10-15(3)20-18(16)23-4/h10,13,19H,5-9,11-12H2,1-4H3/t13-/m1/s1. The molecule has 1 aliphatic heterocycles. The quantitative estimate of drug-likeness (QED) is 0.818. The van der Waals surface area contributed by atoms with Gasteiger partial charge in [-0.15, -0.1) is 0 Å². The molecule has 0 bridgehead atoms. The molecule has 0 radical (unpaired) electrons. The van der Waals surface area contributed by atoms with Crippen molar-refractivity contribution in [1.82, 2.24) is 15.2 Å². The smallest absolute Gasteiger partial charge is 0.223 e. The van der Waals surface area contributed by atoms with Crippen LogP contribution in [-0.4, -0.2) is 42.5 Å². The number of carbonyl (C=O) groups is 1. The molecule has 5 nitrogen and oxygen atoms in total. The fourth-order valence-electron chi connectivity index (χ4n) is 3.20. The minimum atomic E-state index is 0.259. The lowest BCUT2D eigenvalue weighted by Gasteiger charge is -2.31. The molecule has 0 aromatic carbocycles. The van der Waals surface area contributed by atoms with E-state index in [0.29, 0.717) is 31.3 Å². The summed E-state index contributed by atoms with van der Waals surface area (Å²) in [4.78, 5) is 18.7. The van der Waals surface area contributed by atoms with Crippen LogP contribution in [0.1, 0.15) is 43.0 Å². The van der Waals surface area contributed by atoms with Crippen molar-refractivity contribution in [1.29, 1.82) is 0 Å². The first kappa shape index (κ1) is 17.7. The molecule has 0 unspecified atom stereocenters. The fourth-order valence-corrected chi connectivity index (χ4v) is 3.20. The summed E-state index contributed by atoms with van der Waals surface area (Å²) in [6.07, 6.45) is 2.92. The molecule has 1 fully saturated rings. The van der Waals surface area contributed by atoms with E-state index in [1.807, 2.05) is 11.8 Å². The van der Waals surface area contributed by atoms with Crippen molar-refractivity contribution in [3.63, 3.8) is 0 Å². The number of nitrogens with zero attached hydrogens (tertiary/aromatic N) is 2. The number of piperidine rings is 1. The average molecular weight is 319 g/mol. The molecule has 0 saturated carbocycles. The van der Waals surface area contributed by atoms with E-state index < -0.39 is 0 Å². The third kappa shape index (κ3) is 4.93. The van der Waals surface area contributed by atoms with Crippen LogP contribution in [-0.2, 0) is 11.3 Å². The van der Waals surface area contributed by atoms with Crippen molar-refractivity contribution in [2.24, 2.45) is 5.92 Å². The van der Waals surface area contributed by atoms with E-state index in [0.717, 1.165) is 36.3 Å². The van der Waals surface area contributed by atoms with Crippen LogP contribution in [0.5, 0.6) is 5.88 Å². The molecule has 23 heavy (non-hydrogen) atoms. The first-order valence-corrected chi connectivity index (χ1v) is 8.51. The summed E-state index contributed by atoms with van der Waals surface area (Å²) in [5.41, 5.74) is 3.19. The minimum Gasteiger partial charge on any atom is -0.481 e. The van der Waals surface area contributed by atoms with Crippen molar-refractivity contribution in [3.8, 4) is 5.88 Å². The Kier molecular flexibility index (Phi) is 6.39. The van der Waals surface area contributed by atoms with Gasteiger partial charge in [0.2, 0.25) is 11.8 Å². The fraction of sp³-hybridized carbons (Fsp3) is 0.667. The highest BCUT2D eigenvalue weighted by molar-refractivity contribution is 5.76. The number of likely N-dealkylation sites (tertiary alicyclic amines) is 1. The number of rotatable bonds is 6. The van der Waals surface area contributed by atoms with E-state index in [4.69, 9.17) is 4.74 Å². The van der Waals surface area contributed by atoms with E-state index in [2.05, 4.69) is 30.2 Å². The van der Waals surface area contributed by atoms with E-state index >= 15 is 0 Å². The van der Waals surface area contributed by atoms with E-state index in [1.165, 1.54) is 6.42 Å². The van der Waals surface area contributed by atoms with Gasteiger partial charge in [-0.2, -0.15) is 0 Å².